The fourth-order valence-electron chi connectivity index (χ4n) is 3.11. The number of hydrogen-bond donors (Lipinski definition) is 1. The standard InChI is InChI=1S/C21H23ClFN3O2/c1-15-2-4-16(5-3-15)8-9-24-20(27)14-26-11-10-25(21(26)28)13-17-6-7-18(23)12-19(17)22/h2-7,12H,8-11,13-14H2,1H3,(H,24,27). The number of carbonyl (C=O) groups excluding carboxylic acids is 2. The lowest BCUT2D eigenvalue weighted by Gasteiger charge is -2.19. The number of benzene rings is 2. The fraction of sp³-hybridized carbons (Fsp3) is 0.333. The Morgan fingerprint density at radius 1 is 1.14 bits per heavy atom. The van der Waals surface area contributed by atoms with Crippen LogP contribution >= 0.6 is 11.6 Å². The zero-order chi connectivity index (χ0) is 20.1. The third kappa shape index (κ3) is 5.23. The number of amides is 3. The van der Waals surface area contributed by atoms with Crippen molar-refractivity contribution in [3.8, 4) is 0 Å². The third-order valence-electron chi connectivity index (χ3n) is 4.75. The van der Waals surface area contributed by atoms with Crippen molar-refractivity contribution in [3.05, 3.63) is 70.0 Å². The van der Waals surface area contributed by atoms with Crippen molar-refractivity contribution in [2.24, 2.45) is 0 Å². The first-order valence-electron chi connectivity index (χ1n) is 9.22. The molecule has 1 aliphatic heterocycles. The van der Waals surface area contributed by atoms with Gasteiger partial charge >= 0.3 is 6.03 Å². The SMILES string of the molecule is Cc1ccc(CCNC(=O)CN2CCN(Cc3ccc(F)cc3Cl)C2=O)cc1. The smallest absolute Gasteiger partial charge is 0.320 e. The molecule has 1 saturated heterocycles. The molecular weight excluding hydrogens is 381 g/mol. The zero-order valence-electron chi connectivity index (χ0n) is 15.8. The first kappa shape index (κ1) is 20.1. The van der Waals surface area contributed by atoms with E-state index in [1.807, 2.05) is 31.2 Å². The number of urea groups is 1. The molecule has 5 nitrogen and oxygen atoms in total. The molecule has 0 bridgehead atoms. The van der Waals surface area contributed by atoms with Crippen LogP contribution in [0.15, 0.2) is 42.5 Å². The minimum absolute atomic E-state index is 0.0282. The van der Waals surface area contributed by atoms with Gasteiger partial charge in [0.25, 0.3) is 0 Å². The summed E-state index contributed by atoms with van der Waals surface area (Å²) in [7, 11) is 0. The van der Waals surface area contributed by atoms with Crippen LogP contribution in [0.25, 0.3) is 0 Å². The van der Waals surface area contributed by atoms with Gasteiger partial charge in [0, 0.05) is 31.2 Å². The van der Waals surface area contributed by atoms with Crippen molar-refractivity contribution in [2.45, 2.75) is 19.9 Å². The molecule has 2 aromatic rings. The van der Waals surface area contributed by atoms with Crippen molar-refractivity contribution < 1.29 is 14.0 Å². The summed E-state index contributed by atoms with van der Waals surface area (Å²) in [5.41, 5.74) is 3.04. The van der Waals surface area contributed by atoms with E-state index in [2.05, 4.69) is 5.32 Å². The van der Waals surface area contributed by atoms with Crippen LogP contribution in [0.1, 0.15) is 16.7 Å². The molecule has 1 heterocycles. The minimum Gasteiger partial charge on any atom is -0.354 e. The summed E-state index contributed by atoms with van der Waals surface area (Å²) in [5, 5.41) is 3.15. The Morgan fingerprint density at radius 3 is 2.57 bits per heavy atom. The number of rotatable bonds is 7. The average molecular weight is 404 g/mol. The topological polar surface area (TPSA) is 52.7 Å². The van der Waals surface area contributed by atoms with E-state index in [0.29, 0.717) is 36.8 Å². The minimum atomic E-state index is -0.412. The molecule has 1 fully saturated rings. The summed E-state index contributed by atoms with van der Waals surface area (Å²) in [6.45, 7) is 3.86. The summed E-state index contributed by atoms with van der Waals surface area (Å²) >= 11 is 6.04. The van der Waals surface area contributed by atoms with Crippen LogP contribution in [0.3, 0.4) is 0 Å². The van der Waals surface area contributed by atoms with E-state index in [0.717, 1.165) is 12.0 Å². The predicted molar refractivity (Wildman–Crippen MR) is 107 cm³/mol. The number of hydrogen-bond acceptors (Lipinski definition) is 2. The molecule has 0 saturated carbocycles. The molecule has 0 aromatic heterocycles. The van der Waals surface area contributed by atoms with Crippen LogP contribution < -0.4 is 5.32 Å². The van der Waals surface area contributed by atoms with Crippen LogP contribution in [-0.2, 0) is 17.8 Å². The Kier molecular flexibility index (Phi) is 6.52. The Bertz CT molecular complexity index is 857. The van der Waals surface area contributed by atoms with E-state index in [9.17, 15) is 14.0 Å². The first-order chi connectivity index (χ1) is 13.4. The molecule has 0 unspecified atom stereocenters. The van der Waals surface area contributed by atoms with Crippen molar-refractivity contribution in [2.75, 3.05) is 26.2 Å². The molecule has 0 aliphatic carbocycles. The highest BCUT2D eigenvalue weighted by Gasteiger charge is 2.30. The van der Waals surface area contributed by atoms with Crippen molar-refractivity contribution in [1.29, 1.82) is 0 Å². The van der Waals surface area contributed by atoms with Gasteiger partial charge in [-0.05, 0) is 36.6 Å². The van der Waals surface area contributed by atoms with Gasteiger partial charge in [0.15, 0.2) is 0 Å². The lowest BCUT2D eigenvalue weighted by Crippen LogP contribution is -2.40. The maximum absolute atomic E-state index is 13.2. The van der Waals surface area contributed by atoms with Gasteiger partial charge in [-0.1, -0.05) is 47.5 Å². The van der Waals surface area contributed by atoms with Crippen LogP contribution in [0, 0.1) is 12.7 Å². The van der Waals surface area contributed by atoms with Gasteiger partial charge in [-0.3, -0.25) is 4.79 Å². The van der Waals surface area contributed by atoms with Gasteiger partial charge in [-0.25, -0.2) is 9.18 Å². The third-order valence-corrected chi connectivity index (χ3v) is 5.10. The normalized spacial score (nSPS) is 13.9. The predicted octanol–water partition coefficient (Wildman–Crippen LogP) is 3.38. The summed E-state index contributed by atoms with van der Waals surface area (Å²) in [6.07, 6.45) is 0.745. The molecule has 0 atom stereocenters. The van der Waals surface area contributed by atoms with Crippen LogP contribution in [-0.4, -0.2) is 47.9 Å². The van der Waals surface area contributed by atoms with Gasteiger partial charge in [0.05, 0.1) is 0 Å². The quantitative estimate of drug-likeness (QED) is 0.770. The molecule has 1 N–H and O–H groups in total. The molecule has 0 spiro atoms. The molecule has 28 heavy (non-hydrogen) atoms. The number of nitrogens with one attached hydrogen (secondary N) is 1. The lowest BCUT2D eigenvalue weighted by molar-refractivity contribution is -0.121. The van der Waals surface area contributed by atoms with Crippen molar-refractivity contribution in [3.63, 3.8) is 0 Å². The lowest BCUT2D eigenvalue weighted by atomic mass is 10.1. The van der Waals surface area contributed by atoms with Crippen LogP contribution in [0.5, 0.6) is 0 Å². The summed E-state index contributed by atoms with van der Waals surface area (Å²) in [6, 6.07) is 12.1. The molecule has 1 aliphatic rings. The Balaban J connectivity index is 1.45. The fourth-order valence-corrected chi connectivity index (χ4v) is 3.34. The zero-order valence-corrected chi connectivity index (χ0v) is 16.5. The summed E-state index contributed by atoms with van der Waals surface area (Å²) in [4.78, 5) is 27.8. The van der Waals surface area contributed by atoms with Crippen LogP contribution in [0.2, 0.25) is 5.02 Å². The molecule has 7 heteroatoms. The van der Waals surface area contributed by atoms with Gasteiger partial charge in [0.2, 0.25) is 5.91 Å². The van der Waals surface area contributed by atoms with Gasteiger partial charge in [-0.2, -0.15) is 0 Å². The second-order valence-corrected chi connectivity index (χ2v) is 7.35. The summed E-state index contributed by atoms with van der Waals surface area (Å²) in [5.74, 6) is -0.590. The number of aryl methyl sites for hydroxylation is 1. The molecule has 0 radical (unpaired) electrons. The molecular formula is C21H23ClFN3O2. The number of halogens is 2. The van der Waals surface area contributed by atoms with E-state index in [1.54, 1.807) is 11.0 Å². The molecule has 148 valence electrons. The Morgan fingerprint density at radius 2 is 1.86 bits per heavy atom. The maximum atomic E-state index is 13.2. The largest absolute Gasteiger partial charge is 0.354 e. The molecule has 2 aromatic carbocycles. The monoisotopic (exact) mass is 403 g/mol. The second kappa shape index (κ2) is 9.06. The number of carbonyl (C=O) groups is 2. The van der Waals surface area contributed by atoms with Gasteiger partial charge in [-0.15, -0.1) is 0 Å². The average Bonchev–Trinajstić information content (AvgIpc) is 2.99. The molecule has 3 rings (SSSR count). The van der Waals surface area contributed by atoms with E-state index >= 15 is 0 Å². The van der Waals surface area contributed by atoms with E-state index < -0.39 is 5.82 Å². The molecule has 3 amide bonds. The highest BCUT2D eigenvalue weighted by atomic mass is 35.5. The van der Waals surface area contributed by atoms with Gasteiger partial charge in [0.1, 0.15) is 12.4 Å². The van der Waals surface area contributed by atoms with Gasteiger partial charge < -0.3 is 15.1 Å². The Labute approximate surface area is 169 Å². The Hall–Kier alpha value is -2.60. The highest BCUT2D eigenvalue weighted by Crippen LogP contribution is 2.21. The summed E-state index contributed by atoms with van der Waals surface area (Å²) < 4.78 is 13.2. The van der Waals surface area contributed by atoms with E-state index in [-0.39, 0.29) is 18.5 Å². The highest BCUT2D eigenvalue weighted by molar-refractivity contribution is 6.31. The second-order valence-electron chi connectivity index (χ2n) is 6.95. The van der Waals surface area contributed by atoms with Crippen molar-refractivity contribution >= 4 is 23.5 Å². The van der Waals surface area contributed by atoms with E-state index in [4.69, 9.17) is 11.6 Å². The number of nitrogens with zero attached hydrogens (tertiary/aromatic N) is 2. The maximum Gasteiger partial charge on any atom is 0.320 e. The first-order valence-corrected chi connectivity index (χ1v) is 9.60. The van der Waals surface area contributed by atoms with E-state index in [1.165, 1.54) is 22.6 Å². The van der Waals surface area contributed by atoms with Crippen LogP contribution in [0.4, 0.5) is 9.18 Å². The van der Waals surface area contributed by atoms with Crippen molar-refractivity contribution in [1.82, 2.24) is 15.1 Å².